The predicted molar refractivity (Wildman–Crippen MR) is 93.9 cm³/mol. The van der Waals surface area contributed by atoms with E-state index in [1.54, 1.807) is 23.5 Å². The summed E-state index contributed by atoms with van der Waals surface area (Å²) in [5.74, 6) is 0. The quantitative estimate of drug-likeness (QED) is 0.885. The highest BCUT2D eigenvalue weighted by Gasteiger charge is 2.09. The Morgan fingerprint density at radius 1 is 1.22 bits per heavy atom. The van der Waals surface area contributed by atoms with E-state index in [0.717, 1.165) is 12.0 Å². The molecular formula is C19H23N3O. The Morgan fingerprint density at radius 2 is 1.96 bits per heavy atom. The molecule has 1 heterocycles. The van der Waals surface area contributed by atoms with Gasteiger partial charge in [0, 0.05) is 31.7 Å². The third-order valence-corrected chi connectivity index (χ3v) is 3.75. The van der Waals surface area contributed by atoms with Crippen LogP contribution in [0.5, 0.6) is 0 Å². The van der Waals surface area contributed by atoms with Gasteiger partial charge in [-0.15, -0.1) is 0 Å². The smallest absolute Gasteiger partial charge is 0.321 e. The largest absolute Gasteiger partial charge is 0.324 e. The van der Waals surface area contributed by atoms with Crippen LogP contribution in [-0.4, -0.2) is 29.0 Å². The molecule has 0 unspecified atom stereocenters. The molecule has 1 N–H and O–H groups in total. The molecule has 0 atom stereocenters. The van der Waals surface area contributed by atoms with E-state index in [4.69, 9.17) is 0 Å². The van der Waals surface area contributed by atoms with Crippen molar-refractivity contribution in [2.45, 2.75) is 20.3 Å². The van der Waals surface area contributed by atoms with Crippen LogP contribution in [0.15, 0.2) is 55.0 Å². The zero-order chi connectivity index (χ0) is 16.5. The summed E-state index contributed by atoms with van der Waals surface area (Å²) in [4.78, 5) is 18.0. The minimum atomic E-state index is -0.0774. The Labute approximate surface area is 137 Å². The van der Waals surface area contributed by atoms with Gasteiger partial charge in [-0.1, -0.05) is 24.3 Å². The average Bonchev–Trinajstić information content (AvgIpc) is 2.58. The average molecular weight is 309 g/mol. The number of carbonyl (C=O) groups excluding carboxylic acids is 1. The zero-order valence-corrected chi connectivity index (χ0v) is 13.7. The lowest BCUT2D eigenvalue weighted by atomic mass is 10.1. The number of amides is 2. The molecule has 0 spiro atoms. The Morgan fingerprint density at radius 3 is 2.65 bits per heavy atom. The number of rotatable bonds is 6. The van der Waals surface area contributed by atoms with E-state index in [1.165, 1.54) is 11.1 Å². The second-order valence-corrected chi connectivity index (χ2v) is 5.32. The molecular weight excluding hydrogens is 286 g/mol. The Kier molecular flexibility index (Phi) is 6.36. The van der Waals surface area contributed by atoms with Crippen LogP contribution in [-0.2, 0) is 6.42 Å². The fraction of sp³-hybridized carbons (Fsp3) is 0.263. The lowest BCUT2D eigenvalue weighted by Gasteiger charge is -2.20. The molecule has 2 aromatic rings. The van der Waals surface area contributed by atoms with E-state index in [2.05, 4.69) is 23.3 Å². The van der Waals surface area contributed by atoms with E-state index < -0.39 is 0 Å². The van der Waals surface area contributed by atoms with Crippen molar-refractivity contribution in [3.8, 4) is 0 Å². The fourth-order valence-corrected chi connectivity index (χ4v) is 2.28. The number of nitrogens with one attached hydrogen (secondary N) is 1. The third-order valence-electron chi connectivity index (χ3n) is 3.75. The van der Waals surface area contributed by atoms with Gasteiger partial charge in [0.1, 0.15) is 0 Å². The second kappa shape index (κ2) is 8.73. The van der Waals surface area contributed by atoms with E-state index in [1.807, 2.05) is 43.3 Å². The number of likely N-dealkylation sites (N-methyl/N-ethyl adjacent to an activating group) is 1. The first-order chi connectivity index (χ1) is 11.2. The third kappa shape index (κ3) is 5.25. The molecule has 4 nitrogen and oxygen atoms in total. The molecule has 1 aromatic carbocycles. The van der Waals surface area contributed by atoms with Crippen LogP contribution in [0, 0.1) is 6.92 Å². The summed E-state index contributed by atoms with van der Waals surface area (Å²) in [6.07, 6.45) is 8.00. The molecule has 2 amide bonds. The molecule has 0 aliphatic carbocycles. The minimum absolute atomic E-state index is 0.0774. The van der Waals surface area contributed by atoms with Gasteiger partial charge in [-0.3, -0.25) is 4.98 Å². The minimum Gasteiger partial charge on any atom is -0.324 e. The number of pyridine rings is 1. The summed E-state index contributed by atoms with van der Waals surface area (Å²) in [5.41, 5.74) is 3.47. The van der Waals surface area contributed by atoms with Gasteiger partial charge in [-0.25, -0.2) is 4.79 Å². The Hall–Kier alpha value is -2.62. The van der Waals surface area contributed by atoms with Crippen LogP contribution in [0.4, 0.5) is 4.79 Å². The molecule has 0 saturated carbocycles. The number of aryl methyl sites for hydroxylation is 1. The van der Waals surface area contributed by atoms with E-state index >= 15 is 0 Å². The highest BCUT2D eigenvalue weighted by atomic mass is 16.2. The standard InChI is InChI=1S/C19H23N3O/c1-3-22(15-11-17-8-12-20-13-9-17)19(23)21-14-10-18-7-5-4-6-16(18)2/h4-10,12-14H,3,11,15H2,1-2H3,(H,21,23)/b14-10+. The van der Waals surface area contributed by atoms with E-state index in [-0.39, 0.29) is 6.03 Å². The topological polar surface area (TPSA) is 45.2 Å². The van der Waals surface area contributed by atoms with Crippen molar-refractivity contribution in [1.82, 2.24) is 15.2 Å². The van der Waals surface area contributed by atoms with Gasteiger partial charge in [-0.2, -0.15) is 0 Å². The summed E-state index contributed by atoms with van der Waals surface area (Å²) in [6, 6.07) is 11.9. The maximum absolute atomic E-state index is 12.2. The fourth-order valence-electron chi connectivity index (χ4n) is 2.28. The molecule has 0 saturated heterocycles. The van der Waals surface area contributed by atoms with Crippen molar-refractivity contribution in [3.63, 3.8) is 0 Å². The van der Waals surface area contributed by atoms with E-state index in [0.29, 0.717) is 13.1 Å². The number of hydrogen-bond donors (Lipinski definition) is 1. The number of carbonyl (C=O) groups is 1. The Bertz CT molecular complexity index is 653. The van der Waals surface area contributed by atoms with Crippen molar-refractivity contribution in [2.75, 3.05) is 13.1 Å². The molecule has 0 bridgehead atoms. The van der Waals surface area contributed by atoms with Crippen molar-refractivity contribution in [2.24, 2.45) is 0 Å². The highest BCUT2D eigenvalue weighted by Crippen LogP contribution is 2.08. The zero-order valence-electron chi connectivity index (χ0n) is 13.7. The predicted octanol–water partition coefficient (Wildman–Crippen LogP) is 3.63. The van der Waals surface area contributed by atoms with Crippen LogP contribution in [0.25, 0.3) is 6.08 Å². The van der Waals surface area contributed by atoms with Gasteiger partial charge in [-0.05, 0) is 55.2 Å². The second-order valence-electron chi connectivity index (χ2n) is 5.32. The van der Waals surface area contributed by atoms with Crippen molar-refractivity contribution in [3.05, 3.63) is 71.7 Å². The summed E-state index contributed by atoms with van der Waals surface area (Å²) in [6.45, 7) is 5.39. The SMILES string of the molecule is CCN(CCc1ccncc1)C(=O)N/C=C/c1ccccc1C. The van der Waals surface area contributed by atoms with Gasteiger partial charge < -0.3 is 10.2 Å². The first-order valence-corrected chi connectivity index (χ1v) is 7.87. The first-order valence-electron chi connectivity index (χ1n) is 7.87. The highest BCUT2D eigenvalue weighted by molar-refractivity contribution is 5.76. The first kappa shape index (κ1) is 16.7. The molecule has 1 aromatic heterocycles. The number of urea groups is 1. The summed E-state index contributed by atoms with van der Waals surface area (Å²) < 4.78 is 0. The van der Waals surface area contributed by atoms with Crippen LogP contribution < -0.4 is 5.32 Å². The number of benzene rings is 1. The molecule has 0 aliphatic heterocycles. The van der Waals surface area contributed by atoms with Crippen LogP contribution in [0.3, 0.4) is 0 Å². The van der Waals surface area contributed by atoms with Gasteiger partial charge in [0.15, 0.2) is 0 Å². The molecule has 0 radical (unpaired) electrons. The lowest BCUT2D eigenvalue weighted by molar-refractivity contribution is 0.205. The number of nitrogens with zero attached hydrogens (tertiary/aromatic N) is 2. The van der Waals surface area contributed by atoms with Crippen molar-refractivity contribution >= 4 is 12.1 Å². The molecule has 4 heteroatoms. The monoisotopic (exact) mass is 309 g/mol. The van der Waals surface area contributed by atoms with Crippen LogP contribution >= 0.6 is 0 Å². The number of hydrogen-bond acceptors (Lipinski definition) is 2. The molecule has 120 valence electrons. The van der Waals surface area contributed by atoms with E-state index in [9.17, 15) is 4.79 Å². The van der Waals surface area contributed by atoms with Crippen molar-refractivity contribution < 1.29 is 4.79 Å². The van der Waals surface area contributed by atoms with Gasteiger partial charge >= 0.3 is 6.03 Å². The molecule has 23 heavy (non-hydrogen) atoms. The van der Waals surface area contributed by atoms with Crippen LogP contribution in [0.1, 0.15) is 23.6 Å². The number of aromatic nitrogens is 1. The normalized spacial score (nSPS) is 10.7. The molecule has 2 rings (SSSR count). The summed E-state index contributed by atoms with van der Waals surface area (Å²) >= 11 is 0. The summed E-state index contributed by atoms with van der Waals surface area (Å²) in [5, 5.41) is 2.84. The molecule has 0 aliphatic rings. The van der Waals surface area contributed by atoms with Gasteiger partial charge in [0.05, 0.1) is 0 Å². The lowest BCUT2D eigenvalue weighted by Crippen LogP contribution is -2.38. The van der Waals surface area contributed by atoms with Crippen LogP contribution in [0.2, 0.25) is 0 Å². The van der Waals surface area contributed by atoms with Gasteiger partial charge in [0.2, 0.25) is 0 Å². The maximum Gasteiger partial charge on any atom is 0.321 e. The maximum atomic E-state index is 12.2. The van der Waals surface area contributed by atoms with Crippen molar-refractivity contribution in [1.29, 1.82) is 0 Å². The summed E-state index contributed by atoms with van der Waals surface area (Å²) in [7, 11) is 0. The molecule has 0 fully saturated rings. The van der Waals surface area contributed by atoms with Gasteiger partial charge in [0.25, 0.3) is 0 Å². The Balaban J connectivity index is 1.86.